The standard InChI is InChI=1S/C28H43N2O2/c1-4-17-29(19-16-24(3)25-13-9-10-23(2)14-15-25)18-7-8-20-32-28-21-26-11-5-6-12-27(26)22-30(28)31/h5-6,10-12,25,28H,3-4,7-9,13-22H2,1-2H3/q+1. The third-order valence-electron chi connectivity index (χ3n) is 7.10. The maximum absolute atomic E-state index is 12.3. The van der Waals surface area contributed by atoms with E-state index < -0.39 is 0 Å². The van der Waals surface area contributed by atoms with Gasteiger partial charge in [0.15, 0.2) is 0 Å². The van der Waals surface area contributed by atoms with Gasteiger partial charge in [-0.2, -0.15) is 0 Å². The van der Waals surface area contributed by atoms with Crippen LogP contribution in [0.4, 0.5) is 0 Å². The van der Waals surface area contributed by atoms with Crippen LogP contribution in [0, 0.1) is 10.8 Å². The van der Waals surface area contributed by atoms with E-state index in [0.29, 0.717) is 25.5 Å². The lowest BCUT2D eigenvalue weighted by molar-refractivity contribution is -0.648. The van der Waals surface area contributed by atoms with Crippen LogP contribution >= 0.6 is 0 Å². The van der Waals surface area contributed by atoms with E-state index in [4.69, 9.17) is 4.74 Å². The summed E-state index contributed by atoms with van der Waals surface area (Å²) in [6.45, 7) is 13.4. The van der Waals surface area contributed by atoms with Gasteiger partial charge < -0.3 is 9.64 Å². The number of unbranched alkanes of at least 4 members (excludes halogenated alkanes) is 1. The minimum absolute atomic E-state index is 0.335. The zero-order valence-corrected chi connectivity index (χ0v) is 20.4. The Bertz CT molecular complexity index is 785. The average Bonchev–Trinajstić information content (AvgIpc) is 3.01. The summed E-state index contributed by atoms with van der Waals surface area (Å²) in [6, 6.07) is 8.20. The van der Waals surface area contributed by atoms with Crippen LogP contribution in [0.1, 0.15) is 76.3 Å². The molecule has 1 aromatic rings. The Morgan fingerprint density at radius 3 is 2.78 bits per heavy atom. The van der Waals surface area contributed by atoms with Gasteiger partial charge in [-0.1, -0.05) is 55.0 Å². The van der Waals surface area contributed by atoms with Crippen LogP contribution in [0.15, 0.2) is 48.1 Å². The van der Waals surface area contributed by atoms with E-state index in [0.717, 1.165) is 49.2 Å². The lowest BCUT2D eigenvalue weighted by Crippen LogP contribution is -2.34. The molecule has 4 heteroatoms. The summed E-state index contributed by atoms with van der Waals surface area (Å²) in [5.41, 5.74) is 5.38. The van der Waals surface area contributed by atoms with Crippen molar-refractivity contribution >= 4 is 0 Å². The van der Waals surface area contributed by atoms with Crippen molar-refractivity contribution in [1.82, 2.24) is 4.90 Å². The fourth-order valence-corrected chi connectivity index (χ4v) is 5.01. The molecule has 0 spiro atoms. The maximum Gasteiger partial charge on any atom is 0.309 e. The van der Waals surface area contributed by atoms with E-state index in [2.05, 4.69) is 37.5 Å². The van der Waals surface area contributed by atoms with Gasteiger partial charge in [-0.05, 0) is 82.9 Å². The van der Waals surface area contributed by atoms with Gasteiger partial charge in [-0.3, -0.25) is 0 Å². The highest BCUT2D eigenvalue weighted by atomic mass is 16.5. The van der Waals surface area contributed by atoms with E-state index >= 15 is 0 Å². The van der Waals surface area contributed by atoms with Crippen LogP contribution in [0.3, 0.4) is 0 Å². The zero-order chi connectivity index (χ0) is 22.8. The maximum atomic E-state index is 12.3. The van der Waals surface area contributed by atoms with Crippen molar-refractivity contribution in [1.29, 1.82) is 0 Å². The molecule has 1 aliphatic heterocycles. The SMILES string of the molecule is C=C(CCN(CCC)CCCCOC1Cc2ccccc2C[N+]1=O)C1CCC=C(C)CC1. The Hall–Kier alpha value is -1.78. The quantitative estimate of drug-likeness (QED) is 0.213. The van der Waals surface area contributed by atoms with Crippen molar-refractivity contribution in [2.45, 2.75) is 84.4 Å². The summed E-state index contributed by atoms with van der Waals surface area (Å²) < 4.78 is 7.07. The molecule has 0 radical (unpaired) electrons. The Kier molecular flexibility index (Phi) is 10.1. The van der Waals surface area contributed by atoms with Crippen molar-refractivity contribution < 1.29 is 9.50 Å². The van der Waals surface area contributed by atoms with Gasteiger partial charge in [-0.25, -0.2) is 0 Å². The van der Waals surface area contributed by atoms with Gasteiger partial charge in [0.2, 0.25) is 6.54 Å². The lowest BCUT2D eigenvalue weighted by Gasteiger charge is -2.24. The van der Waals surface area contributed by atoms with Crippen molar-refractivity contribution in [2.24, 2.45) is 5.92 Å². The molecule has 176 valence electrons. The smallest absolute Gasteiger partial charge is 0.309 e. The number of fused-ring (bicyclic) bond motifs is 1. The molecule has 0 saturated carbocycles. The number of benzene rings is 1. The summed E-state index contributed by atoms with van der Waals surface area (Å²) in [6.07, 6.45) is 12.2. The summed E-state index contributed by atoms with van der Waals surface area (Å²) in [4.78, 5) is 14.9. The highest BCUT2D eigenvalue weighted by Gasteiger charge is 2.32. The Labute approximate surface area is 195 Å². The van der Waals surface area contributed by atoms with E-state index in [1.807, 2.05) is 18.2 Å². The third kappa shape index (κ3) is 7.67. The number of hydrogen-bond acceptors (Lipinski definition) is 3. The highest BCUT2D eigenvalue weighted by molar-refractivity contribution is 5.27. The highest BCUT2D eigenvalue weighted by Crippen LogP contribution is 2.29. The molecule has 32 heavy (non-hydrogen) atoms. The summed E-state index contributed by atoms with van der Waals surface area (Å²) in [5, 5.41) is 0. The monoisotopic (exact) mass is 439 g/mol. The minimum atomic E-state index is -0.335. The van der Waals surface area contributed by atoms with Gasteiger partial charge in [0, 0.05) is 21.8 Å². The van der Waals surface area contributed by atoms with E-state index in [1.54, 1.807) is 5.57 Å². The Morgan fingerprint density at radius 1 is 1.16 bits per heavy atom. The van der Waals surface area contributed by atoms with Gasteiger partial charge in [0.1, 0.15) is 0 Å². The molecule has 1 heterocycles. The molecule has 2 unspecified atom stereocenters. The van der Waals surface area contributed by atoms with Gasteiger partial charge in [-0.15, -0.1) is 0 Å². The molecule has 1 aromatic carbocycles. The van der Waals surface area contributed by atoms with E-state index in [-0.39, 0.29) is 6.23 Å². The third-order valence-corrected chi connectivity index (χ3v) is 7.10. The summed E-state index contributed by atoms with van der Waals surface area (Å²) >= 11 is 0. The summed E-state index contributed by atoms with van der Waals surface area (Å²) in [7, 11) is 0. The number of allylic oxidation sites excluding steroid dienone is 2. The molecule has 3 rings (SSSR count). The van der Waals surface area contributed by atoms with Crippen LogP contribution < -0.4 is 0 Å². The number of hydrogen-bond donors (Lipinski definition) is 0. The predicted octanol–water partition coefficient (Wildman–Crippen LogP) is 6.44. The normalized spacial score (nSPS) is 21.2. The first kappa shape index (κ1) is 24.9. The molecular formula is C28H43N2O2+. The molecule has 0 fully saturated rings. The van der Waals surface area contributed by atoms with Gasteiger partial charge in [0.25, 0.3) is 0 Å². The molecule has 2 aliphatic rings. The molecule has 0 amide bonds. The average molecular weight is 440 g/mol. The first-order chi connectivity index (χ1) is 15.6. The number of nitroso groups, excluding NO2 is 1. The first-order valence-corrected chi connectivity index (χ1v) is 12.7. The first-order valence-electron chi connectivity index (χ1n) is 12.7. The largest absolute Gasteiger partial charge is 0.318 e. The molecule has 0 saturated heterocycles. The van der Waals surface area contributed by atoms with E-state index in [9.17, 15) is 4.91 Å². The second kappa shape index (κ2) is 13.1. The molecular weight excluding hydrogens is 396 g/mol. The number of nitrogens with zero attached hydrogens (tertiary/aromatic N) is 2. The van der Waals surface area contributed by atoms with Crippen LogP contribution in [-0.4, -0.2) is 42.1 Å². The fourth-order valence-electron chi connectivity index (χ4n) is 5.01. The zero-order valence-electron chi connectivity index (χ0n) is 20.4. The molecule has 0 aromatic heterocycles. The minimum Gasteiger partial charge on any atom is -0.318 e. The van der Waals surface area contributed by atoms with Crippen molar-refractivity contribution in [2.75, 3.05) is 26.2 Å². The topological polar surface area (TPSA) is 32.5 Å². The van der Waals surface area contributed by atoms with Gasteiger partial charge in [0.05, 0.1) is 13.0 Å². The predicted molar refractivity (Wildman–Crippen MR) is 133 cm³/mol. The van der Waals surface area contributed by atoms with Crippen LogP contribution in [0.5, 0.6) is 0 Å². The number of rotatable bonds is 12. The molecule has 4 nitrogen and oxygen atoms in total. The Balaban J connectivity index is 1.33. The fraction of sp³-hybridized carbons (Fsp3) is 0.643. The molecule has 0 N–H and O–H groups in total. The second-order valence-electron chi connectivity index (χ2n) is 9.69. The summed E-state index contributed by atoms with van der Waals surface area (Å²) in [5.74, 6) is 0.691. The molecule has 0 bridgehead atoms. The van der Waals surface area contributed by atoms with Crippen molar-refractivity contribution in [3.8, 4) is 0 Å². The lowest BCUT2D eigenvalue weighted by atomic mass is 9.90. The number of ether oxygens (including phenoxy) is 1. The molecule has 1 aliphatic carbocycles. The van der Waals surface area contributed by atoms with Crippen LogP contribution in [0.25, 0.3) is 0 Å². The van der Waals surface area contributed by atoms with Gasteiger partial charge >= 0.3 is 6.23 Å². The second-order valence-corrected chi connectivity index (χ2v) is 9.69. The van der Waals surface area contributed by atoms with Crippen LogP contribution in [0.2, 0.25) is 0 Å². The molecule has 2 atom stereocenters. The van der Waals surface area contributed by atoms with Crippen molar-refractivity contribution in [3.63, 3.8) is 0 Å². The van der Waals surface area contributed by atoms with Crippen LogP contribution in [-0.2, 0) is 17.7 Å². The van der Waals surface area contributed by atoms with Crippen molar-refractivity contribution in [3.05, 3.63) is 64.1 Å². The Morgan fingerprint density at radius 2 is 1.97 bits per heavy atom. The van der Waals surface area contributed by atoms with E-state index in [1.165, 1.54) is 43.2 Å².